The number of nitrogens with zero attached hydrogens (tertiary/aromatic N) is 2. The molecule has 108 valence electrons. The minimum Gasteiger partial charge on any atom is -0.337 e. The summed E-state index contributed by atoms with van der Waals surface area (Å²) in [6, 6.07) is 5.12. The zero-order valence-corrected chi connectivity index (χ0v) is 12.9. The van der Waals surface area contributed by atoms with E-state index in [-0.39, 0.29) is 11.5 Å². The fourth-order valence-electron chi connectivity index (χ4n) is 3.25. The molecule has 2 aliphatic rings. The summed E-state index contributed by atoms with van der Waals surface area (Å²) < 4.78 is 14.5. The summed E-state index contributed by atoms with van der Waals surface area (Å²) >= 11 is 3.29. The van der Waals surface area contributed by atoms with Crippen molar-refractivity contribution >= 4 is 21.8 Å². The van der Waals surface area contributed by atoms with Crippen molar-refractivity contribution in [3.8, 4) is 0 Å². The Morgan fingerprint density at radius 3 is 2.85 bits per heavy atom. The van der Waals surface area contributed by atoms with Crippen LogP contribution in [-0.2, 0) is 0 Å². The second-order valence-corrected chi connectivity index (χ2v) is 6.39. The second kappa shape index (κ2) is 5.82. The summed E-state index contributed by atoms with van der Waals surface area (Å²) in [5, 5.41) is 0. The first kappa shape index (κ1) is 14.0. The van der Waals surface area contributed by atoms with Gasteiger partial charge in [0.05, 0.1) is 5.56 Å². The highest BCUT2D eigenvalue weighted by atomic mass is 79.9. The van der Waals surface area contributed by atoms with Crippen molar-refractivity contribution in [2.75, 3.05) is 26.2 Å². The van der Waals surface area contributed by atoms with Crippen molar-refractivity contribution in [3.05, 3.63) is 34.1 Å². The molecule has 0 radical (unpaired) electrons. The van der Waals surface area contributed by atoms with E-state index in [1.165, 1.54) is 12.5 Å². The quantitative estimate of drug-likeness (QED) is 0.784. The minimum absolute atomic E-state index is 0.166. The molecule has 1 aromatic carbocycles. The third-order valence-corrected chi connectivity index (χ3v) is 4.93. The van der Waals surface area contributed by atoms with Gasteiger partial charge >= 0.3 is 0 Å². The number of carbonyl (C=O) groups excluding carboxylic acids is 1. The summed E-state index contributed by atoms with van der Waals surface area (Å²) in [6.07, 6.45) is 3.31. The van der Waals surface area contributed by atoms with Crippen LogP contribution in [0.15, 0.2) is 22.7 Å². The Hall–Kier alpha value is -0.940. The molecule has 0 aliphatic carbocycles. The molecule has 0 spiro atoms. The largest absolute Gasteiger partial charge is 0.337 e. The SMILES string of the molecule is O=C(c1c(F)cccc1Br)N1CCCN2CCCC2C1. The van der Waals surface area contributed by atoms with Gasteiger partial charge in [-0.05, 0) is 53.9 Å². The van der Waals surface area contributed by atoms with Crippen molar-refractivity contribution in [3.63, 3.8) is 0 Å². The fourth-order valence-corrected chi connectivity index (χ4v) is 3.76. The molecule has 3 rings (SSSR count). The van der Waals surface area contributed by atoms with E-state index in [1.54, 1.807) is 12.1 Å². The Morgan fingerprint density at radius 1 is 1.25 bits per heavy atom. The van der Waals surface area contributed by atoms with Crippen LogP contribution >= 0.6 is 15.9 Å². The van der Waals surface area contributed by atoms with Crippen molar-refractivity contribution in [1.82, 2.24) is 9.80 Å². The Labute approximate surface area is 126 Å². The summed E-state index contributed by atoms with van der Waals surface area (Å²) in [6.45, 7) is 3.62. The highest BCUT2D eigenvalue weighted by molar-refractivity contribution is 9.10. The van der Waals surface area contributed by atoms with Gasteiger partial charge in [0.15, 0.2) is 0 Å². The molecule has 2 fully saturated rings. The number of carbonyl (C=O) groups is 1. The van der Waals surface area contributed by atoms with Gasteiger partial charge in [-0.3, -0.25) is 9.69 Å². The van der Waals surface area contributed by atoms with E-state index in [0.29, 0.717) is 17.1 Å². The lowest BCUT2D eigenvalue weighted by molar-refractivity contribution is 0.0737. The third kappa shape index (κ3) is 2.61. The lowest BCUT2D eigenvalue weighted by atomic mass is 10.1. The molecule has 20 heavy (non-hydrogen) atoms. The lowest BCUT2D eigenvalue weighted by Gasteiger charge is -2.26. The number of hydrogen-bond acceptors (Lipinski definition) is 2. The Balaban J connectivity index is 1.83. The molecule has 5 heteroatoms. The number of amides is 1. The van der Waals surface area contributed by atoms with Crippen molar-refractivity contribution in [1.29, 1.82) is 0 Å². The molecule has 1 atom stereocenters. The van der Waals surface area contributed by atoms with Gasteiger partial charge in [0.2, 0.25) is 0 Å². The van der Waals surface area contributed by atoms with Crippen molar-refractivity contribution < 1.29 is 9.18 Å². The van der Waals surface area contributed by atoms with Gasteiger partial charge < -0.3 is 4.90 Å². The van der Waals surface area contributed by atoms with Gasteiger partial charge in [-0.25, -0.2) is 4.39 Å². The number of benzene rings is 1. The van der Waals surface area contributed by atoms with Gasteiger partial charge in [0, 0.05) is 30.1 Å². The van der Waals surface area contributed by atoms with E-state index >= 15 is 0 Å². The summed E-state index contributed by atoms with van der Waals surface area (Å²) in [5.41, 5.74) is 0.166. The number of fused-ring (bicyclic) bond motifs is 1. The van der Waals surface area contributed by atoms with E-state index in [0.717, 1.165) is 32.5 Å². The molecule has 0 saturated carbocycles. The summed E-state index contributed by atoms with van der Waals surface area (Å²) in [7, 11) is 0. The van der Waals surface area contributed by atoms with Crippen LogP contribution in [0.1, 0.15) is 29.6 Å². The van der Waals surface area contributed by atoms with Crippen molar-refractivity contribution in [2.45, 2.75) is 25.3 Å². The first-order valence-corrected chi connectivity index (χ1v) is 7.93. The molecule has 1 unspecified atom stereocenters. The second-order valence-electron chi connectivity index (χ2n) is 5.53. The zero-order chi connectivity index (χ0) is 14.1. The van der Waals surface area contributed by atoms with Gasteiger partial charge in [0.1, 0.15) is 5.82 Å². The molecule has 1 amide bonds. The molecule has 2 saturated heterocycles. The first-order valence-electron chi connectivity index (χ1n) is 7.14. The predicted molar refractivity (Wildman–Crippen MR) is 79.2 cm³/mol. The predicted octanol–water partition coefficient (Wildman–Crippen LogP) is 2.90. The average Bonchev–Trinajstić information content (AvgIpc) is 2.75. The van der Waals surface area contributed by atoms with E-state index in [4.69, 9.17) is 0 Å². The molecule has 3 nitrogen and oxygen atoms in total. The summed E-state index contributed by atoms with van der Waals surface area (Å²) in [5.74, 6) is -0.638. The molecule has 2 aliphatic heterocycles. The van der Waals surface area contributed by atoms with Crippen LogP contribution in [0.5, 0.6) is 0 Å². The maximum Gasteiger partial charge on any atom is 0.258 e. The molecule has 1 aromatic rings. The Bertz CT molecular complexity index is 502. The maximum atomic E-state index is 13.9. The topological polar surface area (TPSA) is 23.6 Å². The van der Waals surface area contributed by atoms with E-state index in [2.05, 4.69) is 20.8 Å². The van der Waals surface area contributed by atoms with E-state index in [1.807, 2.05) is 4.90 Å². The fraction of sp³-hybridized carbons (Fsp3) is 0.533. The van der Waals surface area contributed by atoms with Gasteiger partial charge in [-0.1, -0.05) is 6.07 Å². The Kier molecular flexibility index (Phi) is 4.08. The highest BCUT2D eigenvalue weighted by Crippen LogP contribution is 2.25. The average molecular weight is 341 g/mol. The van der Waals surface area contributed by atoms with Crippen LogP contribution in [0, 0.1) is 5.82 Å². The van der Waals surface area contributed by atoms with Gasteiger partial charge in [-0.2, -0.15) is 0 Å². The standard InChI is InChI=1S/C15H18BrFN2O/c16-12-5-1-6-13(17)14(12)15(20)19-9-3-8-18-7-2-4-11(18)10-19/h1,5-6,11H,2-4,7-10H2. The van der Waals surface area contributed by atoms with Crippen LogP contribution in [0.2, 0.25) is 0 Å². The summed E-state index contributed by atoms with van der Waals surface area (Å²) in [4.78, 5) is 16.9. The number of hydrogen-bond donors (Lipinski definition) is 0. The highest BCUT2D eigenvalue weighted by Gasteiger charge is 2.32. The van der Waals surface area contributed by atoms with Crippen LogP contribution in [-0.4, -0.2) is 47.9 Å². The van der Waals surface area contributed by atoms with Crippen LogP contribution in [0.4, 0.5) is 4.39 Å². The monoisotopic (exact) mass is 340 g/mol. The zero-order valence-electron chi connectivity index (χ0n) is 11.3. The smallest absolute Gasteiger partial charge is 0.258 e. The first-order chi connectivity index (χ1) is 9.66. The molecular formula is C15H18BrFN2O. The molecule has 0 bridgehead atoms. The number of rotatable bonds is 1. The van der Waals surface area contributed by atoms with Crippen LogP contribution < -0.4 is 0 Å². The number of halogens is 2. The van der Waals surface area contributed by atoms with E-state index in [9.17, 15) is 9.18 Å². The molecular weight excluding hydrogens is 323 g/mol. The molecule has 0 N–H and O–H groups in total. The molecule has 0 aromatic heterocycles. The minimum atomic E-state index is -0.447. The van der Waals surface area contributed by atoms with Crippen molar-refractivity contribution in [2.24, 2.45) is 0 Å². The lowest BCUT2D eigenvalue weighted by Crippen LogP contribution is -2.40. The van der Waals surface area contributed by atoms with Gasteiger partial charge in [0.25, 0.3) is 5.91 Å². The Morgan fingerprint density at radius 2 is 2.05 bits per heavy atom. The van der Waals surface area contributed by atoms with Crippen LogP contribution in [0.25, 0.3) is 0 Å². The van der Waals surface area contributed by atoms with Crippen LogP contribution in [0.3, 0.4) is 0 Å². The third-order valence-electron chi connectivity index (χ3n) is 4.27. The van der Waals surface area contributed by atoms with Gasteiger partial charge in [-0.15, -0.1) is 0 Å². The normalized spacial score (nSPS) is 23.5. The molecule has 2 heterocycles. The van der Waals surface area contributed by atoms with E-state index < -0.39 is 5.82 Å². The maximum absolute atomic E-state index is 13.9.